The Balaban J connectivity index is 1.86. The first-order chi connectivity index (χ1) is 10.6. The highest BCUT2D eigenvalue weighted by Gasteiger charge is 2.25. The van der Waals surface area contributed by atoms with Gasteiger partial charge in [0.25, 0.3) is 5.91 Å². The van der Waals surface area contributed by atoms with Crippen molar-refractivity contribution in [2.75, 3.05) is 6.61 Å². The number of fused-ring (bicyclic) bond motifs is 1. The van der Waals surface area contributed by atoms with Crippen LogP contribution in [0.2, 0.25) is 15.1 Å². The predicted molar refractivity (Wildman–Crippen MR) is 86.0 cm³/mol. The van der Waals surface area contributed by atoms with E-state index in [1.54, 1.807) is 0 Å². The van der Waals surface area contributed by atoms with Crippen LogP contribution in [0.15, 0.2) is 30.5 Å². The van der Waals surface area contributed by atoms with Crippen molar-refractivity contribution >= 4 is 40.7 Å². The molecule has 0 saturated heterocycles. The number of para-hydroxylation sites is 1. The van der Waals surface area contributed by atoms with Gasteiger partial charge in [-0.1, -0.05) is 53.0 Å². The van der Waals surface area contributed by atoms with Gasteiger partial charge < -0.3 is 10.1 Å². The molecule has 0 bridgehead atoms. The van der Waals surface area contributed by atoms with E-state index in [0.717, 1.165) is 11.3 Å². The summed E-state index contributed by atoms with van der Waals surface area (Å²) in [4.78, 5) is 16.4. The van der Waals surface area contributed by atoms with Crippen LogP contribution >= 0.6 is 34.8 Å². The summed E-state index contributed by atoms with van der Waals surface area (Å²) in [6.07, 6.45) is 1.98. The maximum atomic E-state index is 12.4. The minimum absolute atomic E-state index is 0.0482. The Bertz CT molecular complexity index is 737. The number of amides is 1. The van der Waals surface area contributed by atoms with E-state index in [1.807, 2.05) is 24.3 Å². The number of nitrogens with one attached hydrogen (secondary N) is 1. The summed E-state index contributed by atoms with van der Waals surface area (Å²) >= 11 is 17.8. The highest BCUT2D eigenvalue weighted by Crippen LogP contribution is 2.33. The molecule has 2 aromatic rings. The van der Waals surface area contributed by atoms with Gasteiger partial charge >= 0.3 is 0 Å². The van der Waals surface area contributed by atoms with Crippen molar-refractivity contribution in [2.24, 2.45) is 0 Å². The molecule has 1 N–H and O–H groups in total. The van der Waals surface area contributed by atoms with Crippen molar-refractivity contribution in [3.05, 3.63) is 56.8 Å². The number of carbonyl (C=O) groups excluding carboxylic acids is 1. The molecule has 3 rings (SSSR count). The second kappa shape index (κ2) is 6.32. The standard InChI is InChI=1S/C15H11Cl3N2O2/c16-9-7-19-14(13(18)12(9)17)15(21)20-10-5-6-22-11-4-2-1-3-8(10)11/h1-4,7,10H,5-6H2,(H,20,21)/t10-/m1/s1. The zero-order valence-electron chi connectivity index (χ0n) is 11.3. The zero-order valence-corrected chi connectivity index (χ0v) is 13.5. The van der Waals surface area contributed by atoms with Crippen molar-refractivity contribution in [1.82, 2.24) is 10.3 Å². The molecule has 7 heteroatoms. The number of pyridine rings is 1. The lowest BCUT2D eigenvalue weighted by molar-refractivity contribution is 0.0920. The Labute approximate surface area is 142 Å². The molecule has 1 aliphatic rings. The maximum Gasteiger partial charge on any atom is 0.271 e. The van der Waals surface area contributed by atoms with Gasteiger partial charge in [-0.25, -0.2) is 4.98 Å². The zero-order chi connectivity index (χ0) is 15.7. The van der Waals surface area contributed by atoms with Gasteiger partial charge in [0.15, 0.2) is 0 Å². The second-order valence-corrected chi connectivity index (χ2v) is 5.95. The molecule has 0 radical (unpaired) electrons. The topological polar surface area (TPSA) is 51.2 Å². The number of hydrogen-bond donors (Lipinski definition) is 1. The van der Waals surface area contributed by atoms with E-state index >= 15 is 0 Å². The van der Waals surface area contributed by atoms with Crippen molar-refractivity contribution in [2.45, 2.75) is 12.5 Å². The number of aromatic nitrogens is 1. The van der Waals surface area contributed by atoms with Gasteiger partial charge in [0.2, 0.25) is 0 Å². The van der Waals surface area contributed by atoms with Gasteiger partial charge in [-0.15, -0.1) is 0 Å². The molecular weight excluding hydrogens is 347 g/mol. The Morgan fingerprint density at radius 1 is 1.23 bits per heavy atom. The van der Waals surface area contributed by atoms with Crippen LogP contribution in [-0.2, 0) is 0 Å². The Hall–Kier alpha value is -1.49. The molecule has 1 aromatic carbocycles. The average Bonchev–Trinajstić information content (AvgIpc) is 2.53. The first kappa shape index (κ1) is 15.4. The van der Waals surface area contributed by atoms with E-state index in [2.05, 4.69) is 10.3 Å². The first-order valence-corrected chi connectivity index (χ1v) is 7.73. The van der Waals surface area contributed by atoms with Crippen LogP contribution in [-0.4, -0.2) is 17.5 Å². The molecule has 114 valence electrons. The fourth-order valence-corrected chi connectivity index (χ4v) is 2.89. The Kier molecular flexibility index (Phi) is 4.43. The molecule has 0 unspecified atom stereocenters. The summed E-state index contributed by atoms with van der Waals surface area (Å²) in [5, 5.41) is 3.29. The van der Waals surface area contributed by atoms with Gasteiger partial charge in [-0.3, -0.25) is 4.79 Å². The summed E-state index contributed by atoms with van der Waals surface area (Å²) < 4.78 is 5.57. The maximum absolute atomic E-state index is 12.4. The van der Waals surface area contributed by atoms with Crippen LogP contribution < -0.4 is 10.1 Å². The van der Waals surface area contributed by atoms with Crippen LogP contribution in [0.3, 0.4) is 0 Å². The summed E-state index contributed by atoms with van der Waals surface area (Å²) in [6.45, 7) is 0.532. The van der Waals surface area contributed by atoms with Crippen LogP contribution in [0.5, 0.6) is 5.75 Å². The molecule has 2 heterocycles. The number of hydrogen-bond acceptors (Lipinski definition) is 3. The smallest absolute Gasteiger partial charge is 0.271 e. The van der Waals surface area contributed by atoms with Crippen molar-refractivity contribution < 1.29 is 9.53 Å². The number of ether oxygens (including phenoxy) is 1. The first-order valence-electron chi connectivity index (χ1n) is 6.60. The molecular formula is C15H11Cl3N2O2. The molecule has 1 atom stereocenters. The molecule has 0 saturated carbocycles. The third-order valence-corrected chi connectivity index (χ3v) is 4.64. The van der Waals surface area contributed by atoms with Gasteiger partial charge in [0, 0.05) is 18.2 Å². The van der Waals surface area contributed by atoms with Crippen LogP contribution in [0.25, 0.3) is 0 Å². The average molecular weight is 358 g/mol. The minimum Gasteiger partial charge on any atom is -0.493 e. The number of nitrogens with zero attached hydrogens (tertiary/aromatic N) is 1. The lowest BCUT2D eigenvalue weighted by atomic mass is 10.0. The fourth-order valence-electron chi connectivity index (χ4n) is 2.32. The van der Waals surface area contributed by atoms with Crippen LogP contribution in [0.1, 0.15) is 28.5 Å². The molecule has 22 heavy (non-hydrogen) atoms. The Morgan fingerprint density at radius 3 is 2.82 bits per heavy atom. The van der Waals surface area contributed by atoms with Gasteiger partial charge in [0.05, 0.1) is 27.7 Å². The number of carbonyl (C=O) groups is 1. The second-order valence-electron chi connectivity index (χ2n) is 4.78. The van der Waals surface area contributed by atoms with Gasteiger partial charge in [-0.2, -0.15) is 0 Å². The Morgan fingerprint density at radius 2 is 2.00 bits per heavy atom. The number of benzene rings is 1. The van der Waals surface area contributed by atoms with Crippen LogP contribution in [0.4, 0.5) is 0 Å². The largest absolute Gasteiger partial charge is 0.493 e. The van der Waals surface area contributed by atoms with Crippen molar-refractivity contribution in [3.63, 3.8) is 0 Å². The molecule has 0 fully saturated rings. The lowest BCUT2D eigenvalue weighted by Gasteiger charge is -2.26. The molecule has 1 aliphatic heterocycles. The molecule has 1 amide bonds. The summed E-state index contributed by atoms with van der Waals surface area (Å²) in [7, 11) is 0. The number of rotatable bonds is 2. The van der Waals surface area contributed by atoms with Crippen LogP contribution in [0, 0.1) is 0 Å². The van der Waals surface area contributed by atoms with E-state index in [-0.39, 0.29) is 26.8 Å². The van der Waals surface area contributed by atoms with Gasteiger partial charge in [-0.05, 0) is 6.07 Å². The summed E-state index contributed by atoms with van der Waals surface area (Å²) in [5.74, 6) is 0.373. The van der Waals surface area contributed by atoms with Crippen molar-refractivity contribution in [1.29, 1.82) is 0 Å². The molecule has 4 nitrogen and oxygen atoms in total. The highest BCUT2D eigenvalue weighted by molar-refractivity contribution is 6.48. The van der Waals surface area contributed by atoms with E-state index in [4.69, 9.17) is 39.5 Å². The highest BCUT2D eigenvalue weighted by atomic mass is 35.5. The van der Waals surface area contributed by atoms with E-state index < -0.39 is 5.91 Å². The van der Waals surface area contributed by atoms with E-state index in [9.17, 15) is 4.79 Å². The normalized spacial score (nSPS) is 16.6. The molecule has 0 spiro atoms. The SMILES string of the molecule is O=C(N[C@@H]1CCOc2ccccc21)c1ncc(Cl)c(Cl)c1Cl. The quantitative estimate of drug-likeness (QED) is 0.872. The molecule has 0 aliphatic carbocycles. The fraction of sp³-hybridized carbons (Fsp3) is 0.200. The monoisotopic (exact) mass is 356 g/mol. The minimum atomic E-state index is -0.398. The van der Waals surface area contributed by atoms with E-state index in [1.165, 1.54) is 6.20 Å². The number of halogens is 3. The lowest BCUT2D eigenvalue weighted by Crippen LogP contribution is -2.32. The van der Waals surface area contributed by atoms with Gasteiger partial charge in [0.1, 0.15) is 11.4 Å². The summed E-state index contributed by atoms with van der Waals surface area (Å²) in [6, 6.07) is 7.42. The molecule has 1 aromatic heterocycles. The summed E-state index contributed by atoms with van der Waals surface area (Å²) in [5.41, 5.74) is 0.985. The van der Waals surface area contributed by atoms with Crippen molar-refractivity contribution in [3.8, 4) is 5.75 Å². The predicted octanol–water partition coefficient (Wildman–Crippen LogP) is 4.30. The third kappa shape index (κ3) is 2.86. The van der Waals surface area contributed by atoms with E-state index in [0.29, 0.717) is 13.0 Å². The third-order valence-electron chi connectivity index (χ3n) is 3.40.